The number of halogens is 1. The predicted octanol–water partition coefficient (Wildman–Crippen LogP) is 4.21. The third-order valence-corrected chi connectivity index (χ3v) is 3.81. The molecule has 0 radical (unpaired) electrons. The Bertz CT molecular complexity index is 571. The van der Waals surface area contributed by atoms with Gasteiger partial charge in [0.2, 0.25) is 0 Å². The largest absolute Gasteiger partial charge is 0.380 e. The van der Waals surface area contributed by atoms with Gasteiger partial charge in [-0.05, 0) is 36.1 Å². The van der Waals surface area contributed by atoms with Crippen LogP contribution in [0.4, 0.5) is 0 Å². The highest BCUT2D eigenvalue weighted by atomic mass is 35.5. The first-order valence-electron chi connectivity index (χ1n) is 7.22. The number of ether oxygens (including phenoxy) is 1. The highest BCUT2D eigenvalue weighted by Crippen LogP contribution is 2.16. The third kappa shape index (κ3) is 5.16. The Labute approximate surface area is 132 Å². The highest BCUT2D eigenvalue weighted by Gasteiger charge is 2.06. The van der Waals surface area contributed by atoms with Crippen molar-refractivity contribution in [1.82, 2.24) is 5.32 Å². The van der Waals surface area contributed by atoms with Crippen LogP contribution < -0.4 is 5.32 Å². The van der Waals surface area contributed by atoms with Crippen molar-refractivity contribution in [2.45, 2.75) is 32.5 Å². The SMILES string of the molecule is COCc1cccc(CNC(C)Cc2ccccc2Cl)c1. The fourth-order valence-corrected chi connectivity index (χ4v) is 2.57. The van der Waals surface area contributed by atoms with Crippen LogP contribution in [0.3, 0.4) is 0 Å². The Balaban J connectivity index is 1.88. The lowest BCUT2D eigenvalue weighted by molar-refractivity contribution is 0.185. The summed E-state index contributed by atoms with van der Waals surface area (Å²) in [7, 11) is 1.72. The van der Waals surface area contributed by atoms with Gasteiger partial charge in [-0.2, -0.15) is 0 Å². The first-order chi connectivity index (χ1) is 10.2. The van der Waals surface area contributed by atoms with Crippen molar-refractivity contribution < 1.29 is 4.74 Å². The summed E-state index contributed by atoms with van der Waals surface area (Å²) in [5, 5.41) is 4.39. The molecule has 0 heterocycles. The van der Waals surface area contributed by atoms with Crippen LogP contribution in [0, 0.1) is 0 Å². The summed E-state index contributed by atoms with van der Waals surface area (Å²) in [6, 6.07) is 16.9. The second-order valence-corrected chi connectivity index (χ2v) is 5.74. The zero-order valence-electron chi connectivity index (χ0n) is 12.6. The van der Waals surface area contributed by atoms with E-state index >= 15 is 0 Å². The van der Waals surface area contributed by atoms with E-state index in [1.165, 1.54) is 16.7 Å². The minimum Gasteiger partial charge on any atom is -0.380 e. The third-order valence-electron chi connectivity index (χ3n) is 3.44. The number of hydrogen-bond acceptors (Lipinski definition) is 2. The van der Waals surface area contributed by atoms with Gasteiger partial charge < -0.3 is 10.1 Å². The topological polar surface area (TPSA) is 21.3 Å². The lowest BCUT2D eigenvalue weighted by Gasteiger charge is -2.15. The van der Waals surface area contributed by atoms with Crippen molar-refractivity contribution in [2.24, 2.45) is 0 Å². The van der Waals surface area contributed by atoms with Gasteiger partial charge in [0.25, 0.3) is 0 Å². The molecule has 2 aromatic carbocycles. The second-order valence-electron chi connectivity index (χ2n) is 5.33. The van der Waals surface area contributed by atoms with Gasteiger partial charge in [0.15, 0.2) is 0 Å². The van der Waals surface area contributed by atoms with Crippen molar-refractivity contribution in [2.75, 3.05) is 7.11 Å². The van der Waals surface area contributed by atoms with Gasteiger partial charge in [-0.3, -0.25) is 0 Å². The molecule has 0 fully saturated rings. The number of rotatable bonds is 7. The van der Waals surface area contributed by atoms with Crippen LogP contribution in [0.1, 0.15) is 23.6 Å². The Hall–Kier alpha value is -1.35. The highest BCUT2D eigenvalue weighted by molar-refractivity contribution is 6.31. The van der Waals surface area contributed by atoms with Gasteiger partial charge in [-0.1, -0.05) is 54.1 Å². The summed E-state index contributed by atoms with van der Waals surface area (Å²) in [5.74, 6) is 0. The van der Waals surface area contributed by atoms with Gasteiger partial charge in [0.1, 0.15) is 0 Å². The molecule has 2 rings (SSSR count). The number of benzene rings is 2. The van der Waals surface area contributed by atoms with Crippen LogP contribution in [0.15, 0.2) is 48.5 Å². The molecule has 1 atom stereocenters. The van der Waals surface area contributed by atoms with Crippen LogP contribution >= 0.6 is 11.6 Å². The van der Waals surface area contributed by atoms with Crippen LogP contribution in [0.2, 0.25) is 5.02 Å². The van der Waals surface area contributed by atoms with Gasteiger partial charge in [-0.25, -0.2) is 0 Å². The van der Waals surface area contributed by atoms with E-state index in [0.717, 1.165) is 18.0 Å². The van der Waals surface area contributed by atoms with Crippen LogP contribution in [0.5, 0.6) is 0 Å². The van der Waals surface area contributed by atoms with E-state index in [2.05, 4.69) is 42.6 Å². The number of hydrogen-bond donors (Lipinski definition) is 1. The maximum absolute atomic E-state index is 6.20. The van der Waals surface area contributed by atoms with Crippen molar-refractivity contribution in [1.29, 1.82) is 0 Å². The molecule has 0 aliphatic rings. The first kappa shape index (κ1) is 16.0. The molecule has 0 aromatic heterocycles. The fraction of sp³-hybridized carbons (Fsp3) is 0.333. The maximum Gasteiger partial charge on any atom is 0.0713 e. The van der Waals surface area contributed by atoms with E-state index in [1.54, 1.807) is 7.11 Å². The summed E-state index contributed by atoms with van der Waals surface area (Å²) in [5.41, 5.74) is 3.67. The summed E-state index contributed by atoms with van der Waals surface area (Å²) in [6.07, 6.45) is 0.928. The van der Waals surface area contributed by atoms with Crippen molar-refractivity contribution in [3.8, 4) is 0 Å². The Kier molecular flexibility index (Phi) is 6.24. The Morgan fingerprint density at radius 2 is 1.86 bits per heavy atom. The molecule has 1 N–H and O–H groups in total. The Morgan fingerprint density at radius 3 is 2.62 bits per heavy atom. The van der Waals surface area contributed by atoms with E-state index in [0.29, 0.717) is 12.6 Å². The minimum atomic E-state index is 0.371. The summed E-state index contributed by atoms with van der Waals surface area (Å²) in [6.45, 7) is 3.69. The lowest BCUT2D eigenvalue weighted by atomic mass is 10.1. The molecule has 0 saturated carbocycles. The summed E-state index contributed by atoms with van der Waals surface area (Å²) in [4.78, 5) is 0. The van der Waals surface area contributed by atoms with Gasteiger partial charge >= 0.3 is 0 Å². The standard InChI is InChI=1S/C18H22ClNO/c1-14(10-17-8-3-4-9-18(17)19)20-12-15-6-5-7-16(11-15)13-21-2/h3-9,11,14,20H,10,12-13H2,1-2H3. The molecule has 1 unspecified atom stereocenters. The maximum atomic E-state index is 6.20. The zero-order chi connectivity index (χ0) is 15.1. The molecular formula is C18H22ClNO. The van der Waals surface area contributed by atoms with Gasteiger partial charge in [-0.15, -0.1) is 0 Å². The van der Waals surface area contributed by atoms with E-state index in [9.17, 15) is 0 Å². The van der Waals surface area contributed by atoms with Crippen LogP contribution in [-0.4, -0.2) is 13.2 Å². The molecule has 3 heteroatoms. The smallest absolute Gasteiger partial charge is 0.0713 e. The molecule has 0 saturated heterocycles. The van der Waals surface area contributed by atoms with E-state index < -0.39 is 0 Å². The van der Waals surface area contributed by atoms with Gasteiger partial charge in [0, 0.05) is 24.7 Å². The minimum absolute atomic E-state index is 0.371. The fourth-order valence-electron chi connectivity index (χ4n) is 2.35. The first-order valence-corrected chi connectivity index (χ1v) is 7.60. The molecule has 0 aliphatic carbocycles. The molecule has 0 spiro atoms. The van der Waals surface area contributed by atoms with Gasteiger partial charge in [0.05, 0.1) is 6.61 Å². The number of methoxy groups -OCH3 is 1. The van der Waals surface area contributed by atoms with Crippen molar-refractivity contribution in [3.63, 3.8) is 0 Å². The van der Waals surface area contributed by atoms with Crippen molar-refractivity contribution >= 4 is 11.6 Å². The van der Waals surface area contributed by atoms with Crippen LogP contribution in [-0.2, 0) is 24.3 Å². The zero-order valence-corrected chi connectivity index (χ0v) is 13.4. The molecule has 2 aromatic rings. The van der Waals surface area contributed by atoms with Crippen molar-refractivity contribution in [3.05, 3.63) is 70.2 Å². The molecule has 0 bridgehead atoms. The van der Waals surface area contributed by atoms with E-state index in [-0.39, 0.29) is 0 Å². The monoisotopic (exact) mass is 303 g/mol. The summed E-state index contributed by atoms with van der Waals surface area (Å²) >= 11 is 6.20. The quantitative estimate of drug-likeness (QED) is 0.827. The molecule has 112 valence electrons. The predicted molar refractivity (Wildman–Crippen MR) is 88.6 cm³/mol. The molecule has 21 heavy (non-hydrogen) atoms. The van der Waals surface area contributed by atoms with E-state index in [4.69, 9.17) is 16.3 Å². The normalized spacial score (nSPS) is 12.3. The molecule has 0 aliphatic heterocycles. The average Bonchev–Trinajstić information content (AvgIpc) is 2.48. The molecular weight excluding hydrogens is 282 g/mol. The van der Waals surface area contributed by atoms with Crippen LogP contribution in [0.25, 0.3) is 0 Å². The lowest BCUT2D eigenvalue weighted by Crippen LogP contribution is -2.27. The molecule has 2 nitrogen and oxygen atoms in total. The summed E-state index contributed by atoms with van der Waals surface area (Å²) < 4.78 is 5.17. The Morgan fingerprint density at radius 1 is 1.10 bits per heavy atom. The number of nitrogens with one attached hydrogen (secondary N) is 1. The van der Waals surface area contributed by atoms with E-state index in [1.807, 2.05) is 18.2 Å². The molecule has 0 amide bonds. The second kappa shape index (κ2) is 8.18. The average molecular weight is 304 g/mol.